The highest BCUT2D eigenvalue weighted by atomic mass is 79.9. The molecular formula is C31H24Br2N2O6S. The Bertz CT molecular complexity index is 1890. The second-order valence-corrected chi connectivity index (χ2v) is 12.2. The topological polar surface area (TPSA) is 88.4 Å². The van der Waals surface area contributed by atoms with Crippen LogP contribution >= 0.6 is 43.2 Å². The smallest absolute Gasteiger partial charge is 0.338 e. The van der Waals surface area contributed by atoms with Gasteiger partial charge in [0.05, 0.1) is 37.4 Å². The van der Waals surface area contributed by atoms with E-state index in [1.807, 2.05) is 48.5 Å². The summed E-state index contributed by atoms with van der Waals surface area (Å²) in [6, 6.07) is 18.4. The zero-order valence-electron chi connectivity index (χ0n) is 22.6. The normalized spacial score (nSPS) is 15.8. The molecular weight excluding hydrogens is 688 g/mol. The van der Waals surface area contributed by atoms with Crippen molar-refractivity contribution in [3.63, 3.8) is 0 Å². The van der Waals surface area contributed by atoms with Crippen molar-refractivity contribution in [2.24, 2.45) is 4.99 Å². The summed E-state index contributed by atoms with van der Waals surface area (Å²) in [5.41, 5.74) is 3.06. The van der Waals surface area contributed by atoms with Gasteiger partial charge in [-0.25, -0.2) is 9.79 Å². The van der Waals surface area contributed by atoms with Gasteiger partial charge in [0.15, 0.2) is 16.3 Å². The molecule has 0 fully saturated rings. The first kappa shape index (κ1) is 28.4. The highest BCUT2D eigenvalue weighted by Crippen LogP contribution is 2.38. The molecule has 4 aromatic rings. The van der Waals surface area contributed by atoms with Crippen LogP contribution in [-0.4, -0.2) is 23.9 Å². The molecule has 0 spiro atoms. The highest BCUT2D eigenvalue weighted by Gasteiger charge is 2.34. The summed E-state index contributed by atoms with van der Waals surface area (Å²) in [6.45, 7) is 4.22. The van der Waals surface area contributed by atoms with Crippen molar-refractivity contribution in [3.05, 3.63) is 117 Å². The average molecular weight is 712 g/mol. The van der Waals surface area contributed by atoms with Crippen molar-refractivity contribution in [1.29, 1.82) is 0 Å². The zero-order chi connectivity index (χ0) is 29.4. The number of carbonyl (C=O) groups excluding carboxylic acids is 1. The van der Waals surface area contributed by atoms with E-state index in [0.29, 0.717) is 50.0 Å². The standard InChI is InChI=1S/C31H24Br2N2O6S/c1-3-38-30(37)26-17(2)34-31-35(27(26)20-9-10-23-24(14-20)41-16-40-23)29(36)25(42-31)13-19-11-21(32)28(22(33)12-19)39-15-18-7-5-4-6-8-18/h4-14,27H,3,15-16H2,1-2H3/b25-13-/t27-/m1/s1. The lowest BCUT2D eigenvalue weighted by atomic mass is 9.95. The molecule has 0 aliphatic carbocycles. The molecule has 1 aromatic heterocycles. The molecule has 214 valence electrons. The minimum atomic E-state index is -0.746. The van der Waals surface area contributed by atoms with Crippen LogP contribution in [0.2, 0.25) is 0 Å². The Labute approximate surface area is 261 Å². The summed E-state index contributed by atoms with van der Waals surface area (Å²) < 4.78 is 26.0. The number of hydrogen-bond donors (Lipinski definition) is 0. The predicted octanol–water partition coefficient (Wildman–Crippen LogP) is 5.63. The number of benzene rings is 3. The molecule has 0 saturated heterocycles. The van der Waals surface area contributed by atoms with Gasteiger partial charge < -0.3 is 18.9 Å². The van der Waals surface area contributed by atoms with Crippen LogP contribution in [0.25, 0.3) is 6.08 Å². The van der Waals surface area contributed by atoms with Gasteiger partial charge in [0.25, 0.3) is 5.56 Å². The maximum Gasteiger partial charge on any atom is 0.338 e. The number of allylic oxidation sites excluding steroid dienone is 1. The number of esters is 1. The number of nitrogens with zero attached hydrogens (tertiary/aromatic N) is 2. The third kappa shape index (κ3) is 5.44. The quantitative estimate of drug-likeness (QED) is 0.231. The van der Waals surface area contributed by atoms with E-state index < -0.39 is 12.0 Å². The number of rotatable bonds is 7. The molecule has 0 unspecified atom stereocenters. The van der Waals surface area contributed by atoms with E-state index >= 15 is 0 Å². The van der Waals surface area contributed by atoms with Crippen molar-refractivity contribution in [3.8, 4) is 17.2 Å². The number of fused-ring (bicyclic) bond motifs is 2. The van der Waals surface area contributed by atoms with Gasteiger partial charge in [-0.3, -0.25) is 9.36 Å². The van der Waals surface area contributed by atoms with Crippen LogP contribution in [0.15, 0.2) is 90.7 Å². The van der Waals surface area contributed by atoms with Crippen molar-refractivity contribution in [2.75, 3.05) is 13.4 Å². The van der Waals surface area contributed by atoms with E-state index in [0.717, 1.165) is 20.1 Å². The van der Waals surface area contributed by atoms with E-state index in [1.54, 1.807) is 36.6 Å². The van der Waals surface area contributed by atoms with Gasteiger partial charge in [0.1, 0.15) is 12.4 Å². The first-order chi connectivity index (χ1) is 20.3. The Morgan fingerprint density at radius 2 is 1.83 bits per heavy atom. The molecule has 0 N–H and O–H groups in total. The lowest BCUT2D eigenvalue weighted by Gasteiger charge is -2.24. The van der Waals surface area contributed by atoms with Crippen LogP contribution in [-0.2, 0) is 16.1 Å². The lowest BCUT2D eigenvalue weighted by Crippen LogP contribution is -2.39. The molecule has 0 bridgehead atoms. The minimum absolute atomic E-state index is 0.113. The van der Waals surface area contributed by atoms with Crippen LogP contribution in [0.3, 0.4) is 0 Å². The van der Waals surface area contributed by atoms with E-state index in [4.69, 9.17) is 18.9 Å². The number of carbonyl (C=O) groups is 1. The summed E-state index contributed by atoms with van der Waals surface area (Å²) in [4.78, 5) is 32.3. The Morgan fingerprint density at radius 3 is 2.57 bits per heavy atom. The monoisotopic (exact) mass is 710 g/mol. The van der Waals surface area contributed by atoms with E-state index in [1.165, 1.54) is 11.3 Å². The van der Waals surface area contributed by atoms with Gasteiger partial charge in [-0.05, 0) is 92.7 Å². The Balaban J connectivity index is 1.41. The Hall–Kier alpha value is -3.67. The van der Waals surface area contributed by atoms with Crippen LogP contribution < -0.4 is 29.1 Å². The maximum atomic E-state index is 14.0. The molecule has 8 nitrogen and oxygen atoms in total. The number of thiazole rings is 1. The summed E-state index contributed by atoms with van der Waals surface area (Å²) in [6.07, 6.45) is 1.81. The molecule has 2 aliphatic heterocycles. The zero-order valence-corrected chi connectivity index (χ0v) is 26.5. The van der Waals surface area contributed by atoms with Gasteiger partial charge in [0, 0.05) is 0 Å². The molecule has 1 atom stereocenters. The van der Waals surface area contributed by atoms with Gasteiger partial charge in [0.2, 0.25) is 6.79 Å². The fourth-order valence-corrected chi connectivity index (χ4v) is 7.37. The van der Waals surface area contributed by atoms with Crippen molar-refractivity contribution >= 4 is 55.2 Å². The van der Waals surface area contributed by atoms with E-state index in [-0.39, 0.29) is 19.0 Å². The summed E-state index contributed by atoms with van der Waals surface area (Å²) in [7, 11) is 0. The predicted molar refractivity (Wildman–Crippen MR) is 166 cm³/mol. The number of ether oxygens (including phenoxy) is 4. The maximum absolute atomic E-state index is 14.0. The fraction of sp³-hybridized carbons (Fsp3) is 0.194. The highest BCUT2D eigenvalue weighted by molar-refractivity contribution is 9.11. The van der Waals surface area contributed by atoms with Gasteiger partial charge in [-0.15, -0.1) is 0 Å². The van der Waals surface area contributed by atoms with Gasteiger partial charge >= 0.3 is 5.97 Å². The van der Waals surface area contributed by atoms with Crippen molar-refractivity contribution in [1.82, 2.24) is 4.57 Å². The molecule has 0 radical (unpaired) electrons. The second kappa shape index (κ2) is 11.9. The minimum Gasteiger partial charge on any atom is -0.487 e. The van der Waals surface area contributed by atoms with Crippen LogP contribution in [0, 0.1) is 0 Å². The number of hydrogen-bond acceptors (Lipinski definition) is 8. The largest absolute Gasteiger partial charge is 0.487 e. The molecule has 0 saturated carbocycles. The van der Waals surface area contributed by atoms with Crippen LogP contribution in [0.1, 0.15) is 36.6 Å². The molecule has 3 aromatic carbocycles. The Kier molecular flexibility index (Phi) is 8.06. The van der Waals surface area contributed by atoms with Gasteiger partial charge in [-0.1, -0.05) is 47.7 Å². The lowest BCUT2D eigenvalue weighted by molar-refractivity contribution is -0.139. The second-order valence-electron chi connectivity index (χ2n) is 9.50. The van der Waals surface area contributed by atoms with Gasteiger partial charge in [-0.2, -0.15) is 0 Å². The first-order valence-electron chi connectivity index (χ1n) is 13.1. The SMILES string of the molecule is CCOC(=O)C1=C(C)N=c2s/c(=C\c3cc(Br)c(OCc4ccccc4)c(Br)c3)c(=O)n2[C@@H]1c1ccc2c(c1)OCO2. The first-order valence-corrected chi connectivity index (χ1v) is 15.5. The summed E-state index contributed by atoms with van der Waals surface area (Å²) in [5, 5.41) is 0. The fourth-order valence-electron chi connectivity index (χ4n) is 4.87. The Morgan fingerprint density at radius 1 is 1.10 bits per heavy atom. The summed E-state index contributed by atoms with van der Waals surface area (Å²) in [5.74, 6) is 1.30. The summed E-state index contributed by atoms with van der Waals surface area (Å²) >= 11 is 8.49. The molecule has 11 heteroatoms. The third-order valence-corrected chi connectivity index (χ3v) is 8.93. The van der Waals surface area contributed by atoms with Crippen LogP contribution in [0.4, 0.5) is 0 Å². The number of aromatic nitrogens is 1. The van der Waals surface area contributed by atoms with E-state index in [2.05, 4.69) is 36.9 Å². The average Bonchev–Trinajstić information content (AvgIpc) is 3.56. The van der Waals surface area contributed by atoms with Crippen molar-refractivity contribution < 1.29 is 23.7 Å². The molecule has 2 aliphatic rings. The third-order valence-electron chi connectivity index (χ3n) is 6.77. The van der Waals surface area contributed by atoms with Crippen LogP contribution in [0.5, 0.6) is 17.2 Å². The molecule has 42 heavy (non-hydrogen) atoms. The van der Waals surface area contributed by atoms with E-state index in [9.17, 15) is 9.59 Å². The molecule has 0 amide bonds. The molecule has 6 rings (SSSR count). The number of halogens is 2. The molecule has 3 heterocycles. The van der Waals surface area contributed by atoms with Crippen molar-refractivity contribution in [2.45, 2.75) is 26.5 Å².